The molecular weight excluding hydrogens is 592 g/mol. The molecule has 5 nitrogen and oxygen atoms in total. The average molecular weight is 619 g/mol. The molecule has 0 amide bonds. The number of furan rings is 2. The maximum Gasteiger partial charge on any atom is 0.227 e. The second kappa shape index (κ2) is 10.5. The van der Waals surface area contributed by atoms with Crippen molar-refractivity contribution in [2.24, 2.45) is 0 Å². The first kappa shape index (κ1) is 26.6. The fourth-order valence-corrected chi connectivity index (χ4v) is 6.81. The Balaban J connectivity index is 1.08. The second-order valence-electron chi connectivity index (χ2n) is 12.0. The summed E-state index contributed by atoms with van der Waals surface area (Å²) in [6.07, 6.45) is 0. The summed E-state index contributed by atoms with van der Waals surface area (Å²) in [5.41, 5.74) is 11.3. The van der Waals surface area contributed by atoms with Crippen molar-refractivity contribution in [2.75, 3.05) is 4.90 Å². The number of hydrogen-bond acceptors (Lipinski definition) is 5. The van der Waals surface area contributed by atoms with E-state index in [2.05, 4.69) is 114 Å². The molecule has 0 aliphatic heterocycles. The van der Waals surface area contributed by atoms with E-state index in [1.165, 1.54) is 11.1 Å². The monoisotopic (exact) mass is 618 g/mol. The molecule has 5 heteroatoms. The predicted molar refractivity (Wildman–Crippen MR) is 194 cm³/mol. The lowest BCUT2D eigenvalue weighted by atomic mass is 10.0. The Bertz CT molecular complexity index is 2770. The molecule has 0 aliphatic carbocycles. The Morgan fingerprint density at radius 1 is 0.375 bits per heavy atom. The number of aromatic nitrogens is 1. The first-order valence-corrected chi connectivity index (χ1v) is 15.9. The Morgan fingerprint density at radius 2 is 0.917 bits per heavy atom. The molecular formula is C43H26N2O3. The summed E-state index contributed by atoms with van der Waals surface area (Å²) in [4.78, 5) is 7.24. The summed E-state index contributed by atoms with van der Waals surface area (Å²) < 4.78 is 18.6. The maximum atomic E-state index is 6.31. The fourth-order valence-electron chi connectivity index (χ4n) is 6.81. The van der Waals surface area contributed by atoms with Gasteiger partial charge in [0.25, 0.3) is 0 Å². The number of rotatable bonds is 5. The van der Waals surface area contributed by atoms with Gasteiger partial charge in [0.2, 0.25) is 5.89 Å². The van der Waals surface area contributed by atoms with Gasteiger partial charge in [-0.15, -0.1) is 0 Å². The van der Waals surface area contributed by atoms with Crippen molar-refractivity contribution in [3.05, 3.63) is 158 Å². The highest BCUT2D eigenvalue weighted by Gasteiger charge is 2.19. The summed E-state index contributed by atoms with van der Waals surface area (Å²) in [5, 5.41) is 4.18. The van der Waals surface area contributed by atoms with E-state index in [4.69, 9.17) is 18.2 Å². The summed E-state index contributed by atoms with van der Waals surface area (Å²) >= 11 is 0. The number of oxazole rings is 1. The van der Waals surface area contributed by atoms with Crippen LogP contribution in [-0.4, -0.2) is 4.98 Å². The third kappa shape index (κ3) is 4.22. The van der Waals surface area contributed by atoms with E-state index < -0.39 is 0 Å². The molecule has 3 heterocycles. The van der Waals surface area contributed by atoms with Crippen molar-refractivity contribution in [1.82, 2.24) is 4.98 Å². The highest BCUT2D eigenvalue weighted by molar-refractivity contribution is 6.16. The minimum Gasteiger partial charge on any atom is -0.456 e. The number of hydrogen-bond donors (Lipinski definition) is 0. The number of benzene rings is 7. The van der Waals surface area contributed by atoms with Gasteiger partial charge in [-0.05, 0) is 90.0 Å². The van der Waals surface area contributed by atoms with Gasteiger partial charge in [-0.2, -0.15) is 0 Å². The van der Waals surface area contributed by atoms with Gasteiger partial charge in [0.15, 0.2) is 5.58 Å². The third-order valence-electron chi connectivity index (χ3n) is 9.12. The molecule has 226 valence electrons. The van der Waals surface area contributed by atoms with Crippen molar-refractivity contribution in [1.29, 1.82) is 0 Å². The lowest BCUT2D eigenvalue weighted by Crippen LogP contribution is -2.09. The van der Waals surface area contributed by atoms with Gasteiger partial charge in [0.05, 0.1) is 5.39 Å². The molecule has 10 aromatic rings. The molecule has 0 bridgehead atoms. The van der Waals surface area contributed by atoms with Gasteiger partial charge in [0.1, 0.15) is 27.8 Å². The Morgan fingerprint density at radius 3 is 1.69 bits per heavy atom. The van der Waals surface area contributed by atoms with Crippen LogP contribution in [0.25, 0.3) is 77.6 Å². The Kier molecular flexibility index (Phi) is 5.81. The van der Waals surface area contributed by atoms with Gasteiger partial charge < -0.3 is 18.2 Å². The van der Waals surface area contributed by atoms with E-state index in [0.717, 1.165) is 77.6 Å². The molecule has 0 saturated carbocycles. The zero-order chi connectivity index (χ0) is 31.6. The molecule has 0 spiro atoms. The van der Waals surface area contributed by atoms with Crippen LogP contribution in [0.5, 0.6) is 0 Å². The summed E-state index contributed by atoms with van der Waals surface area (Å²) in [6.45, 7) is 0. The normalized spacial score (nSPS) is 11.8. The van der Waals surface area contributed by atoms with E-state index in [-0.39, 0.29) is 0 Å². The van der Waals surface area contributed by atoms with Gasteiger partial charge in [-0.1, -0.05) is 78.9 Å². The van der Waals surface area contributed by atoms with Gasteiger partial charge in [-0.25, -0.2) is 4.98 Å². The molecule has 0 unspecified atom stereocenters. The van der Waals surface area contributed by atoms with Crippen LogP contribution in [0.1, 0.15) is 0 Å². The van der Waals surface area contributed by atoms with E-state index in [0.29, 0.717) is 5.89 Å². The van der Waals surface area contributed by atoms with Crippen molar-refractivity contribution >= 4 is 72.0 Å². The van der Waals surface area contributed by atoms with Crippen LogP contribution >= 0.6 is 0 Å². The molecule has 7 aromatic carbocycles. The number of para-hydroxylation sites is 2. The van der Waals surface area contributed by atoms with Crippen LogP contribution in [-0.2, 0) is 0 Å². The third-order valence-corrected chi connectivity index (χ3v) is 9.12. The van der Waals surface area contributed by atoms with Crippen LogP contribution < -0.4 is 4.90 Å². The molecule has 10 rings (SSSR count). The molecule has 0 N–H and O–H groups in total. The van der Waals surface area contributed by atoms with Gasteiger partial charge in [0, 0.05) is 38.8 Å². The second-order valence-corrected chi connectivity index (χ2v) is 12.0. The minimum atomic E-state index is 0.569. The van der Waals surface area contributed by atoms with E-state index in [9.17, 15) is 0 Å². The van der Waals surface area contributed by atoms with Crippen LogP contribution in [0.4, 0.5) is 17.1 Å². The van der Waals surface area contributed by atoms with Crippen LogP contribution in [0.3, 0.4) is 0 Å². The first-order valence-electron chi connectivity index (χ1n) is 15.9. The zero-order valence-electron chi connectivity index (χ0n) is 25.6. The average Bonchev–Trinajstić information content (AvgIpc) is 3.86. The Labute approximate surface area is 274 Å². The molecule has 0 radical (unpaired) electrons. The largest absolute Gasteiger partial charge is 0.456 e. The lowest BCUT2D eigenvalue weighted by Gasteiger charge is -2.26. The number of fused-ring (bicyclic) bond motifs is 8. The van der Waals surface area contributed by atoms with Crippen molar-refractivity contribution in [3.63, 3.8) is 0 Å². The molecule has 48 heavy (non-hydrogen) atoms. The highest BCUT2D eigenvalue weighted by atomic mass is 16.4. The fraction of sp³-hybridized carbons (Fsp3) is 0. The van der Waals surface area contributed by atoms with Gasteiger partial charge in [-0.3, -0.25) is 0 Å². The van der Waals surface area contributed by atoms with Gasteiger partial charge >= 0.3 is 0 Å². The van der Waals surface area contributed by atoms with Crippen LogP contribution in [0.15, 0.2) is 171 Å². The SMILES string of the molecule is c1ccc(-c2ccc(N(c3ccc(-c4nc5c(ccc6oc7ccccc7c65)o4)cc3)c3ccc4oc5ccccc5c4c3)cc2)cc1. The standard InChI is InChI=1S/C43H26N2O3/c1-2-8-27(9-3-1)28-14-18-30(19-15-28)45(32-22-23-38-35(26-32)33-10-4-6-12-36(33)46-38)31-20-16-29(17-21-31)43-44-42-40(48-43)25-24-39-41(42)34-11-5-7-13-37(34)47-39/h1-26H. The molecule has 3 aromatic heterocycles. The van der Waals surface area contributed by atoms with Crippen molar-refractivity contribution < 1.29 is 13.3 Å². The quantitative estimate of drug-likeness (QED) is 0.192. The molecule has 0 aliphatic rings. The van der Waals surface area contributed by atoms with E-state index in [1.54, 1.807) is 0 Å². The number of nitrogens with zero attached hydrogens (tertiary/aromatic N) is 2. The summed E-state index contributed by atoms with van der Waals surface area (Å²) in [6, 6.07) is 54.0. The van der Waals surface area contributed by atoms with E-state index >= 15 is 0 Å². The highest BCUT2D eigenvalue weighted by Crippen LogP contribution is 2.41. The molecule has 0 atom stereocenters. The van der Waals surface area contributed by atoms with Crippen LogP contribution in [0, 0.1) is 0 Å². The topological polar surface area (TPSA) is 55.6 Å². The maximum absolute atomic E-state index is 6.31. The Hall–Kier alpha value is -6.59. The number of anilines is 3. The predicted octanol–water partition coefficient (Wildman–Crippen LogP) is 12.4. The lowest BCUT2D eigenvalue weighted by molar-refractivity contribution is 0.619. The minimum absolute atomic E-state index is 0.569. The molecule has 0 saturated heterocycles. The van der Waals surface area contributed by atoms with Crippen LogP contribution in [0.2, 0.25) is 0 Å². The van der Waals surface area contributed by atoms with Crippen molar-refractivity contribution in [3.8, 4) is 22.6 Å². The first-order chi connectivity index (χ1) is 23.8. The zero-order valence-corrected chi connectivity index (χ0v) is 25.6. The summed E-state index contributed by atoms with van der Waals surface area (Å²) in [5.74, 6) is 0.569. The smallest absolute Gasteiger partial charge is 0.227 e. The van der Waals surface area contributed by atoms with Crippen molar-refractivity contribution in [2.45, 2.75) is 0 Å². The summed E-state index contributed by atoms with van der Waals surface area (Å²) in [7, 11) is 0. The molecule has 0 fully saturated rings. The van der Waals surface area contributed by atoms with E-state index in [1.807, 2.05) is 48.5 Å².